The predicted molar refractivity (Wildman–Crippen MR) is 80.3 cm³/mol. The lowest BCUT2D eigenvalue weighted by Gasteiger charge is -2.29. The van der Waals surface area contributed by atoms with Crippen LogP contribution in [0.2, 0.25) is 0 Å². The number of nitrogens with zero attached hydrogens (tertiary/aromatic N) is 4. The van der Waals surface area contributed by atoms with Gasteiger partial charge in [0.15, 0.2) is 0 Å². The molecule has 22 heavy (non-hydrogen) atoms. The highest BCUT2D eigenvalue weighted by Gasteiger charge is 2.25. The SMILES string of the molecule is O=CN1CCCC(c2nc(-c3cnoc3)c3ccccn23)C1. The second-order valence-electron chi connectivity index (χ2n) is 5.63. The van der Waals surface area contributed by atoms with Crippen LogP contribution in [0.25, 0.3) is 16.8 Å². The van der Waals surface area contributed by atoms with E-state index in [1.165, 1.54) is 0 Å². The summed E-state index contributed by atoms with van der Waals surface area (Å²) in [6.45, 7) is 1.56. The van der Waals surface area contributed by atoms with E-state index in [-0.39, 0.29) is 5.92 Å². The molecule has 1 unspecified atom stereocenters. The fraction of sp³-hybridized carbons (Fsp3) is 0.312. The fourth-order valence-electron chi connectivity index (χ4n) is 3.20. The summed E-state index contributed by atoms with van der Waals surface area (Å²) in [5.74, 6) is 1.25. The molecule has 112 valence electrons. The number of aromatic nitrogens is 3. The zero-order chi connectivity index (χ0) is 14.9. The first-order chi connectivity index (χ1) is 10.9. The predicted octanol–water partition coefficient (Wildman–Crippen LogP) is 2.33. The van der Waals surface area contributed by atoms with Gasteiger partial charge >= 0.3 is 0 Å². The number of likely N-dealkylation sites (tertiary alicyclic amines) is 1. The smallest absolute Gasteiger partial charge is 0.209 e. The zero-order valence-corrected chi connectivity index (χ0v) is 12.1. The summed E-state index contributed by atoms with van der Waals surface area (Å²) in [6, 6.07) is 6.03. The van der Waals surface area contributed by atoms with E-state index in [2.05, 4.69) is 9.56 Å². The number of hydrogen-bond acceptors (Lipinski definition) is 4. The van der Waals surface area contributed by atoms with Crippen LogP contribution in [0.4, 0.5) is 0 Å². The Labute approximate surface area is 127 Å². The molecule has 0 aliphatic carbocycles. The highest BCUT2D eigenvalue weighted by Crippen LogP contribution is 2.31. The molecule has 1 saturated heterocycles. The van der Waals surface area contributed by atoms with Gasteiger partial charge in [-0.15, -0.1) is 0 Å². The number of rotatable bonds is 3. The van der Waals surface area contributed by atoms with Crippen LogP contribution in [0.3, 0.4) is 0 Å². The van der Waals surface area contributed by atoms with Crippen LogP contribution in [-0.2, 0) is 4.79 Å². The molecule has 1 aliphatic heterocycles. The van der Waals surface area contributed by atoms with Gasteiger partial charge in [-0.25, -0.2) is 4.98 Å². The summed E-state index contributed by atoms with van der Waals surface area (Å²) >= 11 is 0. The molecule has 1 aliphatic rings. The quantitative estimate of drug-likeness (QED) is 0.696. The number of pyridine rings is 1. The molecule has 1 fully saturated rings. The van der Waals surface area contributed by atoms with Crippen LogP contribution in [0, 0.1) is 0 Å². The summed E-state index contributed by atoms with van der Waals surface area (Å²) in [7, 11) is 0. The number of fused-ring (bicyclic) bond motifs is 1. The van der Waals surface area contributed by atoms with E-state index in [1.54, 1.807) is 12.5 Å². The van der Waals surface area contributed by atoms with Crippen molar-refractivity contribution in [3.8, 4) is 11.3 Å². The number of carbonyl (C=O) groups is 1. The molecule has 0 radical (unpaired) electrons. The summed E-state index contributed by atoms with van der Waals surface area (Å²) in [5, 5.41) is 3.77. The minimum absolute atomic E-state index is 0.252. The van der Waals surface area contributed by atoms with Gasteiger partial charge in [-0.2, -0.15) is 0 Å². The van der Waals surface area contributed by atoms with Gasteiger partial charge in [0.25, 0.3) is 0 Å². The normalized spacial score (nSPS) is 18.7. The molecule has 4 rings (SSSR count). The Hall–Kier alpha value is -2.63. The number of hydrogen-bond donors (Lipinski definition) is 0. The highest BCUT2D eigenvalue weighted by molar-refractivity contribution is 5.76. The van der Waals surface area contributed by atoms with Crippen molar-refractivity contribution >= 4 is 11.9 Å². The lowest BCUT2D eigenvalue weighted by Crippen LogP contribution is -2.33. The third-order valence-electron chi connectivity index (χ3n) is 4.25. The average molecular weight is 296 g/mol. The van der Waals surface area contributed by atoms with Crippen molar-refractivity contribution in [1.29, 1.82) is 0 Å². The highest BCUT2D eigenvalue weighted by atomic mass is 16.5. The van der Waals surface area contributed by atoms with Gasteiger partial charge in [-0.05, 0) is 25.0 Å². The summed E-state index contributed by atoms with van der Waals surface area (Å²) in [6.07, 6.45) is 8.29. The molecule has 6 heteroatoms. The van der Waals surface area contributed by atoms with Gasteiger partial charge in [0, 0.05) is 25.2 Å². The first-order valence-corrected chi connectivity index (χ1v) is 7.43. The van der Waals surface area contributed by atoms with Crippen LogP contribution in [0.15, 0.2) is 41.4 Å². The van der Waals surface area contributed by atoms with Gasteiger partial charge in [0.1, 0.15) is 17.8 Å². The van der Waals surface area contributed by atoms with Crippen LogP contribution >= 0.6 is 0 Å². The Morgan fingerprint density at radius 3 is 3.14 bits per heavy atom. The first-order valence-electron chi connectivity index (χ1n) is 7.43. The van der Waals surface area contributed by atoms with Crippen molar-refractivity contribution in [2.45, 2.75) is 18.8 Å². The van der Waals surface area contributed by atoms with Crippen molar-refractivity contribution in [1.82, 2.24) is 19.4 Å². The number of piperidine rings is 1. The molecule has 3 aromatic heterocycles. The number of amides is 1. The van der Waals surface area contributed by atoms with Gasteiger partial charge in [-0.1, -0.05) is 11.2 Å². The van der Waals surface area contributed by atoms with E-state index in [0.717, 1.165) is 54.9 Å². The lowest BCUT2D eigenvalue weighted by atomic mass is 9.98. The molecular formula is C16H16N4O2. The molecule has 0 saturated carbocycles. The van der Waals surface area contributed by atoms with Crippen LogP contribution in [-0.4, -0.2) is 38.9 Å². The topological polar surface area (TPSA) is 63.6 Å². The largest absolute Gasteiger partial charge is 0.364 e. The van der Waals surface area contributed by atoms with Gasteiger partial charge in [0.05, 0.1) is 17.3 Å². The Bertz CT molecular complexity index is 794. The van der Waals surface area contributed by atoms with Crippen LogP contribution in [0.1, 0.15) is 24.6 Å². The first kappa shape index (κ1) is 13.1. The van der Waals surface area contributed by atoms with E-state index in [9.17, 15) is 4.79 Å². The number of imidazole rings is 1. The minimum Gasteiger partial charge on any atom is -0.364 e. The maximum Gasteiger partial charge on any atom is 0.209 e. The Balaban J connectivity index is 1.83. The molecule has 0 N–H and O–H groups in total. The molecule has 1 amide bonds. The van der Waals surface area contributed by atoms with Gasteiger partial charge in [0.2, 0.25) is 6.41 Å². The summed E-state index contributed by atoms with van der Waals surface area (Å²) < 4.78 is 7.07. The molecule has 1 atom stereocenters. The maximum absolute atomic E-state index is 11.1. The standard InChI is InChI=1S/C16H16N4O2/c21-11-19-6-3-4-12(9-19)16-18-15(13-8-17-22-10-13)14-5-1-2-7-20(14)16/h1-2,5,7-8,10-12H,3-4,6,9H2. The van der Waals surface area contributed by atoms with E-state index in [4.69, 9.17) is 9.51 Å². The number of carbonyl (C=O) groups excluding carboxylic acids is 1. The third kappa shape index (κ3) is 2.07. The maximum atomic E-state index is 11.1. The van der Waals surface area contributed by atoms with Crippen LogP contribution < -0.4 is 0 Å². The minimum atomic E-state index is 0.252. The molecule has 3 aromatic rings. The van der Waals surface area contributed by atoms with E-state index < -0.39 is 0 Å². The molecule has 0 aromatic carbocycles. The molecule has 6 nitrogen and oxygen atoms in total. The molecule has 4 heterocycles. The van der Waals surface area contributed by atoms with Gasteiger partial charge < -0.3 is 13.8 Å². The zero-order valence-electron chi connectivity index (χ0n) is 12.1. The van der Waals surface area contributed by atoms with Crippen molar-refractivity contribution in [2.75, 3.05) is 13.1 Å². The van der Waals surface area contributed by atoms with Crippen molar-refractivity contribution in [3.05, 3.63) is 42.7 Å². The van der Waals surface area contributed by atoms with Crippen molar-refractivity contribution in [3.63, 3.8) is 0 Å². The molecule has 0 bridgehead atoms. The Morgan fingerprint density at radius 1 is 1.36 bits per heavy atom. The van der Waals surface area contributed by atoms with Crippen molar-refractivity contribution < 1.29 is 9.32 Å². The molecular weight excluding hydrogens is 280 g/mol. The Kier molecular flexibility index (Phi) is 3.14. The third-order valence-corrected chi connectivity index (χ3v) is 4.25. The monoisotopic (exact) mass is 296 g/mol. The van der Waals surface area contributed by atoms with E-state index >= 15 is 0 Å². The van der Waals surface area contributed by atoms with E-state index in [1.807, 2.05) is 29.3 Å². The Morgan fingerprint density at radius 2 is 2.32 bits per heavy atom. The van der Waals surface area contributed by atoms with Crippen LogP contribution in [0.5, 0.6) is 0 Å². The van der Waals surface area contributed by atoms with E-state index in [0.29, 0.717) is 0 Å². The second kappa shape index (κ2) is 5.29. The summed E-state index contributed by atoms with van der Waals surface area (Å²) in [4.78, 5) is 17.7. The summed E-state index contributed by atoms with van der Waals surface area (Å²) in [5.41, 5.74) is 2.78. The lowest BCUT2D eigenvalue weighted by molar-refractivity contribution is -0.119. The molecule has 0 spiro atoms. The second-order valence-corrected chi connectivity index (χ2v) is 5.63. The van der Waals surface area contributed by atoms with Gasteiger partial charge in [-0.3, -0.25) is 4.79 Å². The van der Waals surface area contributed by atoms with Crippen molar-refractivity contribution in [2.24, 2.45) is 0 Å². The fourth-order valence-corrected chi connectivity index (χ4v) is 3.20. The average Bonchev–Trinajstić information content (AvgIpc) is 3.22.